The summed E-state index contributed by atoms with van der Waals surface area (Å²) < 4.78 is 28.2. The second kappa shape index (κ2) is 18.8. The molecule has 1 N–H and O–H groups in total. The average molecular weight is 839 g/mol. The molecule has 1 aliphatic rings. The van der Waals surface area contributed by atoms with E-state index in [0.29, 0.717) is 70.8 Å². The molecule has 14 heteroatoms. The molecular weight excluding hydrogens is 793 g/mol. The van der Waals surface area contributed by atoms with E-state index in [1.807, 2.05) is 49.4 Å². The van der Waals surface area contributed by atoms with Crippen molar-refractivity contribution in [2.45, 2.75) is 33.2 Å². The molecule has 8 rings (SSSR count). The van der Waals surface area contributed by atoms with Gasteiger partial charge >= 0.3 is 11.3 Å². The third kappa shape index (κ3) is 9.36. The average Bonchev–Trinajstić information content (AvgIpc) is 3.28. The summed E-state index contributed by atoms with van der Waals surface area (Å²) in [4.78, 5) is 73.4. The van der Waals surface area contributed by atoms with Crippen LogP contribution in [0.15, 0.2) is 110 Å². The number of piperazine rings is 1. The van der Waals surface area contributed by atoms with Crippen LogP contribution < -0.4 is 21.3 Å². The summed E-state index contributed by atoms with van der Waals surface area (Å²) in [5.41, 5.74) is 0.985. The number of amides is 3. The molecular formula is C48H46N4O10. The van der Waals surface area contributed by atoms with Gasteiger partial charge in [0.2, 0.25) is 0 Å². The van der Waals surface area contributed by atoms with E-state index in [1.165, 1.54) is 12.3 Å². The van der Waals surface area contributed by atoms with Crippen LogP contribution in [0.3, 0.4) is 0 Å². The van der Waals surface area contributed by atoms with Crippen molar-refractivity contribution in [3.8, 4) is 5.75 Å². The van der Waals surface area contributed by atoms with Crippen LogP contribution in [-0.4, -0.2) is 91.7 Å². The Morgan fingerprint density at radius 1 is 0.677 bits per heavy atom. The number of hydrogen-bond donors (Lipinski definition) is 1. The van der Waals surface area contributed by atoms with Gasteiger partial charge in [-0.05, 0) is 84.1 Å². The van der Waals surface area contributed by atoms with E-state index in [4.69, 9.17) is 23.0 Å². The van der Waals surface area contributed by atoms with Crippen LogP contribution in [0.25, 0.3) is 43.5 Å². The van der Waals surface area contributed by atoms with Gasteiger partial charge in [0.25, 0.3) is 17.7 Å². The lowest BCUT2D eigenvalue weighted by molar-refractivity contribution is 0.0356. The van der Waals surface area contributed by atoms with Crippen molar-refractivity contribution in [3.63, 3.8) is 0 Å². The number of hydrogen-bond acceptors (Lipinski definition) is 11. The van der Waals surface area contributed by atoms with Gasteiger partial charge in [0.1, 0.15) is 34.6 Å². The van der Waals surface area contributed by atoms with E-state index < -0.39 is 23.1 Å². The Kier molecular flexibility index (Phi) is 12.7. The minimum absolute atomic E-state index is 0.0179. The maximum absolute atomic E-state index is 13.6. The van der Waals surface area contributed by atoms with Crippen molar-refractivity contribution in [2.24, 2.45) is 0 Å². The fourth-order valence-electron chi connectivity index (χ4n) is 7.44. The molecule has 4 aromatic carbocycles. The molecule has 3 aromatic heterocycles. The van der Waals surface area contributed by atoms with Crippen molar-refractivity contribution < 1.29 is 37.4 Å². The second-order valence-corrected chi connectivity index (χ2v) is 15.2. The molecule has 1 fully saturated rings. The molecule has 0 bridgehead atoms. The van der Waals surface area contributed by atoms with Gasteiger partial charge in [-0.1, -0.05) is 49.2 Å². The molecule has 0 spiro atoms. The normalized spacial score (nSPS) is 13.0. The molecule has 0 unspecified atom stereocenters. The minimum Gasteiger partial charge on any atom is -0.491 e. The molecule has 0 atom stereocenters. The largest absolute Gasteiger partial charge is 0.491 e. The van der Waals surface area contributed by atoms with Crippen LogP contribution in [-0.2, 0) is 16.0 Å². The third-order valence-corrected chi connectivity index (χ3v) is 10.9. The lowest BCUT2D eigenvalue weighted by Crippen LogP contribution is -2.51. The number of unbranched alkanes of at least 4 members (excludes halogenated alkanes) is 1. The van der Waals surface area contributed by atoms with Crippen LogP contribution >= 0.6 is 0 Å². The molecule has 0 radical (unpaired) electrons. The summed E-state index contributed by atoms with van der Waals surface area (Å²) in [5.74, 6) is -0.685. The van der Waals surface area contributed by atoms with Gasteiger partial charge < -0.3 is 38.2 Å². The van der Waals surface area contributed by atoms with Gasteiger partial charge in [-0.2, -0.15) is 0 Å². The monoisotopic (exact) mass is 838 g/mol. The molecule has 0 saturated carbocycles. The van der Waals surface area contributed by atoms with E-state index in [2.05, 4.69) is 17.2 Å². The zero-order valence-electron chi connectivity index (χ0n) is 34.6. The fraction of sp³-hybridized carbons (Fsp3) is 0.292. The summed E-state index contributed by atoms with van der Waals surface area (Å²) in [6.07, 6.45) is 3.56. The number of aromatic nitrogens is 1. The zero-order chi connectivity index (χ0) is 43.2. The summed E-state index contributed by atoms with van der Waals surface area (Å²) >= 11 is 0. The van der Waals surface area contributed by atoms with E-state index >= 15 is 0 Å². The maximum atomic E-state index is 13.6. The Balaban J connectivity index is 0.828. The molecule has 62 heavy (non-hydrogen) atoms. The minimum atomic E-state index is -0.745. The van der Waals surface area contributed by atoms with Gasteiger partial charge in [-0.3, -0.25) is 19.4 Å². The number of pyridine rings is 1. The smallest absolute Gasteiger partial charge is 0.349 e. The molecule has 14 nitrogen and oxygen atoms in total. The highest BCUT2D eigenvalue weighted by molar-refractivity contribution is 6.06. The summed E-state index contributed by atoms with van der Waals surface area (Å²) in [6.45, 7) is 7.66. The van der Waals surface area contributed by atoms with Gasteiger partial charge in [-0.15, -0.1) is 0 Å². The Morgan fingerprint density at radius 3 is 2.16 bits per heavy atom. The van der Waals surface area contributed by atoms with Crippen LogP contribution in [0.2, 0.25) is 0 Å². The molecule has 0 aliphatic carbocycles. The highest BCUT2D eigenvalue weighted by Crippen LogP contribution is 2.29. The topological polar surface area (TPSA) is 171 Å². The summed E-state index contributed by atoms with van der Waals surface area (Å²) in [7, 11) is 0. The number of rotatable bonds is 15. The molecule has 3 amide bonds. The summed E-state index contributed by atoms with van der Waals surface area (Å²) in [5, 5.41) is 7.37. The Morgan fingerprint density at radius 2 is 1.39 bits per heavy atom. The molecule has 4 heterocycles. The first-order chi connectivity index (χ1) is 30.1. The van der Waals surface area contributed by atoms with Crippen LogP contribution in [0.5, 0.6) is 5.75 Å². The lowest BCUT2D eigenvalue weighted by atomic mass is 10.0. The van der Waals surface area contributed by atoms with E-state index in [0.717, 1.165) is 41.2 Å². The Hall–Kier alpha value is -6.90. The summed E-state index contributed by atoms with van der Waals surface area (Å²) in [6, 6.07) is 25.2. The molecule has 1 saturated heterocycles. The number of ether oxygens (including phenoxy) is 3. The second-order valence-electron chi connectivity index (χ2n) is 15.2. The van der Waals surface area contributed by atoms with Crippen molar-refractivity contribution in [1.29, 1.82) is 0 Å². The first-order valence-corrected chi connectivity index (χ1v) is 20.7. The predicted octanol–water partition coefficient (Wildman–Crippen LogP) is 6.65. The Labute approximate surface area is 356 Å². The van der Waals surface area contributed by atoms with Crippen molar-refractivity contribution in [3.05, 3.63) is 140 Å². The number of nitrogens with zero attached hydrogens (tertiary/aromatic N) is 3. The van der Waals surface area contributed by atoms with Crippen LogP contribution in [0, 0.1) is 6.92 Å². The number of carbonyl (C=O) groups excluding carboxylic acids is 3. The van der Waals surface area contributed by atoms with Gasteiger partial charge in [0, 0.05) is 55.1 Å². The Bertz CT molecular complexity index is 2920. The van der Waals surface area contributed by atoms with E-state index in [1.54, 1.807) is 46.2 Å². The number of nitrogens with one attached hydrogen (secondary N) is 1. The van der Waals surface area contributed by atoms with Gasteiger partial charge in [0.15, 0.2) is 0 Å². The molecule has 1 aliphatic heterocycles. The number of aryl methyl sites for hydroxylation is 1. The van der Waals surface area contributed by atoms with Gasteiger partial charge in [-0.25, -0.2) is 9.59 Å². The zero-order valence-corrected chi connectivity index (χ0v) is 34.6. The predicted molar refractivity (Wildman–Crippen MR) is 234 cm³/mol. The SMILES string of the molecule is CCCCOCCOCCOc1ccc2c(ccc3cc(C(=O)N4CCN(C(=O)c5ccc(CNC(=O)c6cc7cc8ccc(C)cc8cc7oc6=O)nc5)CC4)c(=O)oc32)c1. The first-order valence-electron chi connectivity index (χ1n) is 20.7. The number of fused-ring (bicyclic) bond motifs is 5. The van der Waals surface area contributed by atoms with Crippen LogP contribution in [0.4, 0.5) is 0 Å². The highest BCUT2D eigenvalue weighted by Gasteiger charge is 2.28. The van der Waals surface area contributed by atoms with E-state index in [-0.39, 0.29) is 49.8 Å². The highest BCUT2D eigenvalue weighted by atomic mass is 16.5. The number of benzene rings is 4. The van der Waals surface area contributed by atoms with Gasteiger partial charge in [0.05, 0.1) is 37.6 Å². The fourth-order valence-corrected chi connectivity index (χ4v) is 7.44. The van der Waals surface area contributed by atoms with E-state index in [9.17, 15) is 24.0 Å². The van der Waals surface area contributed by atoms with Crippen LogP contribution in [0.1, 0.15) is 62.1 Å². The van der Waals surface area contributed by atoms with Crippen molar-refractivity contribution in [2.75, 3.05) is 59.2 Å². The molecule has 318 valence electrons. The lowest BCUT2D eigenvalue weighted by Gasteiger charge is -2.34. The third-order valence-electron chi connectivity index (χ3n) is 10.9. The number of carbonyl (C=O) groups is 3. The standard InChI is InChI=1S/C48H46N4O10/c1-3-4-17-58-18-19-59-20-21-60-38-11-12-39-32(24-38)7-8-33-25-41(48(57)62-43(33)39)46(55)52-15-13-51(14-16-52)45(54)34-9-10-37(49-28-34)29-50-44(53)40-26-36-23-31-6-5-30(2)22-35(31)27-42(36)61-47(40)56/h5-12,22-28H,3-4,13-21,29H2,1-2H3,(H,50,53). The van der Waals surface area contributed by atoms with Crippen molar-refractivity contribution in [1.82, 2.24) is 20.1 Å². The quantitative estimate of drug-likeness (QED) is 0.0508. The maximum Gasteiger partial charge on any atom is 0.349 e. The molecule has 7 aromatic rings. The first kappa shape index (κ1) is 41.8. The van der Waals surface area contributed by atoms with Crippen molar-refractivity contribution >= 4 is 61.2 Å².